The van der Waals surface area contributed by atoms with Crippen LogP contribution in [0.2, 0.25) is 0 Å². The molecule has 2 aromatic rings. The van der Waals surface area contributed by atoms with Gasteiger partial charge in [0.1, 0.15) is 0 Å². The van der Waals surface area contributed by atoms with Crippen LogP contribution in [0.5, 0.6) is 0 Å². The molecule has 28 heavy (non-hydrogen) atoms. The van der Waals surface area contributed by atoms with Crippen LogP contribution in [0.4, 0.5) is 18.9 Å². The molecule has 3 rings (SSSR count). The smallest absolute Gasteiger partial charge is 0.379 e. The SMILES string of the molecule is FC(F)(F)c1cccc(NC(=S)NCc2ccccc2CN2CCOCC2)c1. The first-order valence-corrected chi connectivity index (χ1v) is 9.41. The molecule has 2 N–H and O–H groups in total. The third-order valence-corrected chi connectivity index (χ3v) is 4.75. The molecule has 4 nitrogen and oxygen atoms in total. The molecule has 1 aliphatic rings. The Hall–Kier alpha value is -2.16. The summed E-state index contributed by atoms with van der Waals surface area (Å²) in [5.41, 5.74) is 1.88. The molecule has 1 heterocycles. The molecule has 0 aliphatic carbocycles. The molecular formula is C20H22F3N3OS. The average Bonchev–Trinajstić information content (AvgIpc) is 2.68. The highest BCUT2D eigenvalue weighted by atomic mass is 32.1. The van der Waals surface area contributed by atoms with Crippen molar-refractivity contribution in [3.63, 3.8) is 0 Å². The Labute approximate surface area is 167 Å². The fraction of sp³-hybridized carbons (Fsp3) is 0.350. The number of benzene rings is 2. The van der Waals surface area contributed by atoms with Crippen molar-refractivity contribution in [3.05, 3.63) is 65.2 Å². The van der Waals surface area contributed by atoms with Gasteiger partial charge in [-0.25, -0.2) is 0 Å². The number of ether oxygens (including phenoxy) is 1. The topological polar surface area (TPSA) is 36.5 Å². The largest absolute Gasteiger partial charge is 0.416 e. The lowest BCUT2D eigenvalue weighted by atomic mass is 10.1. The Morgan fingerprint density at radius 2 is 1.75 bits per heavy atom. The minimum absolute atomic E-state index is 0.278. The summed E-state index contributed by atoms with van der Waals surface area (Å²) in [6, 6.07) is 13.0. The Balaban J connectivity index is 1.57. The Bertz CT molecular complexity index is 807. The Morgan fingerprint density at radius 3 is 2.46 bits per heavy atom. The van der Waals surface area contributed by atoms with Crippen molar-refractivity contribution in [2.24, 2.45) is 0 Å². The van der Waals surface area contributed by atoms with E-state index in [1.54, 1.807) is 6.07 Å². The summed E-state index contributed by atoms with van der Waals surface area (Å²) in [6.07, 6.45) is -4.38. The van der Waals surface area contributed by atoms with E-state index in [1.165, 1.54) is 11.6 Å². The first kappa shape index (κ1) is 20.6. The van der Waals surface area contributed by atoms with Crippen molar-refractivity contribution >= 4 is 23.0 Å². The van der Waals surface area contributed by atoms with Gasteiger partial charge in [0.05, 0.1) is 18.8 Å². The maximum Gasteiger partial charge on any atom is 0.416 e. The van der Waals surface area contributed by atoms with E-state index >= 15 is 0 Å². The van der Waals surface area contributed by atoms with E-state index in [-0.39, 0.29) is 5.11 Å². The summed E-state index contributed by atoms with van der Waals surface area (Å²) in [5.74, 6) is 0. The predicted octanol–water partition coefficient (Wildman–Crippen LogP) is 4.02. The van der Waals surface area contributed by atoms with Crippen molar-refractivity contribution in [3.8, 4) is 0 Å². The second kappa shape index (κ2) is 9.36. The number of halogens is 3. The highest BCUT2D eigenvalue weighted by Crippen LogP contribution is 2.30. The molecule has 8 heteroatoms. The van der Waals surface area contributed by atoms with Gasteiger partial charge in [0.2, 0.25) is 0 Å². The first-order chi connectivity index (χ1) is 13.4. The highest BCUT2D eigenvalue weighted by Gasteiger charge is 2.30. The Morgan fingerprint density at radius 1 is 1.04 bits per heavy atom. The average molecular weight is 409 g/mol. The highest BCUT2D eigenvalue weighted by molar-refractivity contribution is 7.80. The lowest BCUT2D eigenvalue weighted by Crippen LogP contribution is -2.36. The van der Waals surface area contributed by atoms with E-state index in [4.69, 9.17) is 17.0 Å². The molecule has 150 valence electrons. The van der Waals surface area contributed by atoms with Crippen LogP contribution in [0, 0.1) is 0 Å². The van der Waals surface area contributed by atoms with Crippen LogP contribution in [0.15, 0.2) is 48.5 Å². The minimum atomic E-state index is -4.38. The molecule has 0 bridgehead atoms. The van der Waals surface area contributed by atoms with Crippen LogP contribution >= 0.6 is 12.2 Å². The van der Waals surface area contributed by atoms with Gasteiger partial charge in [-0.1, -0.05) is 30.3 Å². The molecule has 0 atom stereocenters. The summed E-state index contributed by atoms with van der Waals surface area (Å²) < 4.78 is 43.9. The van der Waals surface area contributed by atoms with Crippen LogP contribution in [-0.4, -0.2) is 36.3 Å². The number of morpholine rings is 1. The van der Waals surface area contributed by atoms with Gasteiger partial charge in [-0.2, -0.15) is 13.2 Å². The van der Waals surface area contributed by atoms with E-state index in [9.17, 15) is 13.2 Å². The maximum absolute atomic E-state index is 12.8. The van der Waals surface area contributed by atoms with E-state index < -0.39 is 11.7 Å². The van der Waals surface area contributed by atoms with Gasteiger partial charge in [-0.05, 0) is 41.5 Å². The number of alkyl halides is 3. The zero-order valence-electron chi connectivity index (χ0n) is 15.3. The van der Waals surface area contributed by atoms with E-state index in [2.05, 4.69) is 21.6 Å². The van der Waals surface area contributed by atoms with Gasteiger partial charge >= 0.3 is 6.18 Å². The van der Waals surface area contributed by atoms with Gasteiger partial charge in [-0.3, -0.25) is 4.90 Å². The molecule has 0 radical (unpaired) electrons. The maximum atomic E-state index is 12.8. The number of hydrogen-bond donors (Lipinski definition) is 2. The molecule has 0 aromatic heterocycles. The summed E-state index contributed by atoms with van der Waals surface area (Å²) in [5, 5.41) is 6.18. The Kier molecular flexibility index (Phi) is 6.88. The van der Waals surface area contributed by atoms with Gasteiger partial charge in [0.25, 0.3) is 0 Å². The minimum Gasteiger partial charge on any atom is -0.379 e. The van der Waals surface area contributed by atoms with Gasteiger partial charge in [0.15, 0.2) is 5.11 Å². The molecule has 2 aromatic carbocycles. The van der Waals surface area contributed by atoms with Crippen LogP contribution < -0.4 is 10.6 Å². The quantitative estimate of drug-likeness (QED) is 0.730. The zero-order valence-corrected chi connectivity index (χ0v) is 16.1. The molecule has 1 saturated heterocycles. The van der Waals surface area contributed by atoms with Crippen LogP contribution in [0.1, 0.15) is 16.7 Å². The zero-order chi connectivity index (χ0) is 20.0. The van der Waals surface area contributed by atoms with Crippen molar-refractivity contribution in [2.75, 3.05) is 31.6 Å². The van der Waals surface area contributed by atoms with E-state index in [0.29, 0.717) is 12.2 Å². The molecule has 0 saturated carbocycles. The van der Waals surface area contributed by atoms with E-state index in [0.717, 1.165) is 50.5 Å². The molecular weight excluding hydrogens is 387 g/mol. The lowest BCUT2D eigenvalue weighted by molar-refractivity contribution is -0.137. The number of nitrogens with zero attached hydrogens (tertiary/aromatic N) is 1. The normalized spacial score (nSPS) is 15.2. The fourth-order valence-corrected chi connectivity index (χ4v) is 3.20. The second-order valence-corrected chi connectivity index (χ2v) is 6.95. The summed E-state index contributed by atoms with van der Waals surface area (Å²) in [6.45, 7) is 4.60. The molecule has 0 unspecified atom stereocenters. The summed E-state index contributed by atoms with van der Waals surface area (Å²) in [7, 11) is 0. The summed E-state index contributed by atoms with van der Waals surface area (Å²) >= 11 is 5.25. The second-order valence-electron chi connectivity index (χ2n) is 6.54. The van der Waals surface area contributed by atoms with Gasteiger partial charge < -0.3 is 15.4 Å². The third kappa shape index (κ3) is 5.92. The van der Waals surface area contributed by atoms with Crippen molar-refractivity contribution < 1.29 is 17.9 Å². The standard InChI is InChI=1S/C20H22F3N3OS/c21-20(22,23)17-6-3-7-18(12-17)25-19(28)24-13-15-4-1-2-5-16(15)14-26-8-10-27-11-9-26/h1-7,12H,8-11,13-14H2,(H2,24,25,28). The number of rotatable bonds is 5. The molecule has 1 fully saturated rings. The number of thiocarbonyl (C=S) groups is 1. The van der Waals surface area contributed by atoms with Crippen molar-refractivity contribution in [1.82, 2.24) is 10.2 Å². The van der Waals surface area contributed by atoms with E-state index in [1.807, 2.05) is 18.2 Å². The molecule has 0 spiro atoms. The van der Waals surface area contributed by atoms with Crippen LogP contribution in [0.3, 0.4) is 0 Å². The van der Waals surface area contributed by atoms with Crippen molar-refractivity contribution in [1.29, 1.82) is 0 Å². The number of nitrogens with one attached hydrogen (secondary N) is 2. The molecule has 0 amide bonds. The summed E-state index contributed by atoms with van der Waals surface area (Å²) in [4.78, 5) is 2.33. The number of hydrogen-bond acceptors (Lipinski definition) is 3. The van der Waals surface area contributed by atoms with Gasteiger partial charge in [-0.15, -0.1) is 0 Å². The number of anilines is 1. The van der Waals surface area contributed by atoms with Gasteiger partial charge in [0, 0.05) is 31.9 Å². The first-order valence-electron chi connectivity index (χ1n) is 9.01. The van der Waals surface area contributed by atoms with Crippen molar-refractivity contribution in [2.45, 2.75) is 19.3 Å². The lowest BCUT2D eigenvalue weighted by Gasteiger charge is -2.27. The molecule has 1 aliphatic heterocycles. The monoisotopic (exact) mass is 409 g/mol. The van der Waals surface area contributed by atoms with Crippen LogP contribution in [0.25, 0.3) is 0 Å². The predicted molar refractivity (Wildman–Crippen MR) is 107 cm³/mol. The third-order valence-electron chi connectivity index (χ3n) is 4.50. The van der Waals surface area contributed by atoms with Crippen LogP contribution in [-0.2, 0) is 24.0 Å². The fourth-order valence-electron chi connectivity index (χ4n) is 3.01.